The quantitative estimate of drug-likeness (QED) is 0.558. The summed E-state index contributed by atoms with van der Waals surface area (Å²) in [5.74, 6) is 0.274. The molecule has 0 radical (unpaired) electrons. The fourth-order valence-electron chi connectivity index (χ4n) is 2.32. The second-order valence-corrected chi connectivity index (χ2v) is 6.10. The van der Waals surface area contributed by atoms with E-state index in [1.807, 2.05) is 44.2 Å². The van der Waals surface area contributed by atoms with Crippen LogP contribution in [-0.2, 0) is 14.3 Å². The molecule has 0 aliphatic heterocycles. The lowest BCUT2D eigenvalue weighted by Gasteiger charge is -2.09. The van der Waals surface area contributed by atoms with Crippen molar-refractivity contribution < 1.29 is 19.1 Å². The molecule has 0 atom stereocenters. The second kappa shape index (κ2) is 10.2. The standard InChI is InChI=1S/C22H25NO4/c1-4-26-22(25)12-8-18-6-9-19(10-7-18)23-21(24)13-14-27-20-11-5-16(2)17(3)15-20/h5-12,15H,4,13-14H2,1-3H3,(H,23,24)/b12-8+. The van der Waals surface area contributed by atoms with Crippen molar-refractivity contribution >= 4 is 23.6 Å². The summed E-state index contributed by atoms with van der Waals surface area (Å²) in [4.78, 5) is 23.3. The molecule has 0 bridgehead atoms. The number of hydrogen-bond donors (Lipinski definition) is 1. The minimum atomic E-state index is -0.376. The molecule has 2 aromatic rings. The molecule has 0 aliphatic carbocycles. The van der Waals surface area contributed by atoms with Crippen molar-refractivity contribution in [2.75, 3.05) is 18.5 Å². The van der Waals surface area contributed by atoms with Crippen LogP contribution < -0.4 is 10.1 Å². The summed E-state index contributed by atoms with van der Waals surface area (Å²) in [6, 6.07) is 13.1. The molecule has 2 rings (SSSR count). The first-order valence-electron chi connectivity index (χ1n) is 8.92. The second-order valence-electron chi connectivity index (χ2n) is 6.10. The molecule has 2 aromatic carbocycles. The Morgan fingerprint density at radius 1 is 1.04 bits per heavy atom. The van der Waals surface area contributed by atoms with Crippen LogP contribution in [0.5, 0.6) is 5.75 Å². The van der Waals surface area contributed by atoms with Crippen molar-refractivity contribution in [3.63, 3.8) is 0 Å². The van der Waals surface area contributed by atoms with Crippen molar-refractivity contribution in [3.8, 4) is 5.75 Å². The SMILES string of the molecule is CCOC(=O)/C=C/c1ccc(NC(=O)CCOc2ccc(C)c(C)c2)cc1. The van der Waals surface area contributed by atoms with Crippen LogP contribution >= 0.6 is 0 Å². The molecule has 1 N–H and O–H groups in total. The van der Waals surface area contributed by atoms with E-state index < -0.39 is 0 Å². The zero-order valence-electron chi connectivity index (χ0n) is 16.0. The first-order valence-corrected chi connectivity index (χ1v) is 8.92. The molecule has 0 aliphatic rings. The Hall–Kier alpha value is -3.08. The highest BCUT2D eigenvalue weighted by Crippen LogP contribution is 2.17. The highest BCUT2D eigenvalue weighted by Gasteiger charge is 2.04. The van der Waals surface area contributed by atoms with Gasteiger partial charge in [0.1, 0.15) is 5.75 Å². The normalized spacial score (nSPS) is 10.6. The molecular formula is C22H25NO4. The van der Waals surface area contributed by atoms with E-state index in [0.29, 0.717) is 18.9 Å². The summed E-state index contributed by atoms with van der Waals surface area (Å²) < 4.78 is 10.5. The van der Waals surface area contributed by atoms with E-state index in [1.54, 1.807) is 25.1 Å². The van der Waals surface area contributed by atoms with Gasteiger partial charge in [0.05, 0.1) is 19.6 Å². The van der Waals surface area contributed by atoms with E-state index in [9.17, 15) is 9.59 Å². The lowest BCUT2D eigenvalue weighted by molar-refractivity contribution is -0.137. The molecule has 5 heteroatoms. The first-order chi connectivity index (χ1) is 13.0. The number of carbonyl (C=O) groups excluding carboxylic acids is 2. The Morgan fingerprint density at radius 3 is 2.44 bits per heavy atom. The van der Waals surface area contributed by atoms with Crippen LogP contribution in [0.1, 0.15) is 30.0 Å². The number of anilines is 1. The number of amides is 1. The topological polar surface area (TPSA) is 64.6 Å². The lowest BCUT2D eigenvalue weighted by atomic mass is 10.1. The van der Waals surface area contributed by atoms with E-state index in [2.05, 4.69) is 5.32 Å². The molecule has 0 saturated heterocycles. The van der Waals surface area contributed by atoms with Crippen LogP contribution in [0.15, 0.2) is 48.5 Å². The number of aryl methyl sites for hydroxylation is 2. The van der Waals surface area contributed by atoms with Gasteiger partial charge in [0.2, 0.25) is 5.91 Å². The number of esters is 1. The molecule has 0 unspecified atom stereocenters. The van der Waals surface area contributed by atoms with Gasteiger partial charge in [0.25, 0.3) is 0 Å². The van der Waals surface area contributed by atoms with Crippen molar-refractivity contribution in [1.29, 1.82) is 0 Å². The average Bonchev–Trinajstić information content (AvgIpc) is 2.64. The molecule has 0 heterocycles. The number of carbonyl (C=O) groups is 2. The molecule has 0 saturated carbocycles. The molecule has 142 valence electrons. The predicted molar refractivity (Wildman–Crippen MR) is 107 cm³/mol. The van der Waals surface area contributed by atoms with Crippen LogP contribution in [0.25, 0.3) is 6.08 Å². The van der Waals surface area contributed by atoms with E-state index in [0.717, 1.165) is 16.9 Å². The summed E-state index contributed by atoms with van der Waals surface area (Å²) in [5, 5.41) is 2.83. The Kier molecular flexibility index (Phi) is 7.62. The third-order valence-corrected chi connectivity index (χ3v) is 3.97. The van der Waals surface area contributed by atoms with Crippen LogP contribution in [0.4, 0.5) is 5.69 Å². The maximum absolute atomic E-state index is 12.0. The minimum absolute atomic E-state index is 0.117. The summed E-state index contributed by atoms with van der Waals surface area (Å²) in [6.45, 7) is 6.50. The summed E-state index contributed by atoms with van der Waals surface area (Å²) >= 11 is 0. The van der Waals surface area contributed by atoms with Crippen molar-refractivity contribution in [3.05, 3.63) is 65.2 Å². The van der Waals surface area contributed by atoms with Gasteiger partial charge in [-0.05, 0) is 67.8 Å². The van der Waals surface area contributed by atoms with Crippen LogP contribution in [0, 0.1) is 13.8 Å². The number of nitrogens with one attached hydrogen (secondary N) is 1. The van der Waals surface area contributed by atoms with E-state index in [-0.39, 0.29) is 18.3 Å². The summed E-state index contributed by atoms with van der Waals surface area (Å²) in [5.41, 5.74) is 3.91. The molecule has 1 amide bonds. The van der Waals surface area contributed by atoms with E-state index in [1.165, 1.54) is 11.6 Å². The molecular weight excluding hydrogens is 342 g/mol. The van der Waals surface area contributed by atoms with E-state index >= 15 is 0 Å². The molecule has 0 aromatic heterocycles. The minimum Gasteiger partial charge on any atom is -0.493 e. The van der Waals surface area contributed by atoms with Crippen molar-refractivity contribution in [1.82, 2.24) is 0 Å². The van der Waals surface area contributed by atoms with Gasteiger partial charge < -0.3 is 14.8 Å². The number of rotatable bonds is 8. The maximum Gasteiger partial charge on any atom is 0.330 e. The van der Waals surface area contributed by atoms with Gasteiger partial charge in [-0.1, -0.05) is 18.2 Å². The van der Waals surface area contributed by atoms with Gasteiger partial charge in [0.15, 0.2) is 0 Å². The van der Waals surface area contributed by atoms with Crippen molar-refractivity contribution in [2.24, 2.45) is 0 Å². The van der Waals surface area contributed by atoms with Gasteiger partial charge in [-0.15, -0.1) is 0 Å². The molecule has 0 spiro atoms. The van der Waals surface area contributed by atoms with Gasteiger partial charge in [-0.25, -0.2) is 4.79 Å². The largest absolute Gasteiger partial charge is 0.493 e. The molecule has 5 nitrogen and oxygen atoms in total. The Labute approximate surface area is 160 Å². The summed E-state index contributed by atoms with van der Waals surface area (Å²) in [6.07, 6.45) is 3.31. The average molecular weight is 367 g/mol. The number of ether oxygens (including phenoxy) is 2. The van der Waals surface area contributed by atoms with Crippen LogP contribution in [-0.4, -0.2) is 25.1 Å². The van der Waals surface area contributed by atoms with Gasteiger partial charge in [-0.2, -0.15) is 0 Å². The van der Waals surface area contributed by atoms with Crippen LogP contribution in [0.3, 0.4) is 0 Å². The lowest BCUT2D eigenvalue weighted by Crippen LogP contribution is -2.15. The predicted octanol–water partition coefficient (Wildman–Crippen LogP) is 4.29. The van der Waals surface area contributed by atoms with E-state index in [4.69, 9.17) is 9.47 Å². The molecule has 27 heavy (non-hydrogen) atoms. The third kappa shape index (κ3) is 6.98. The Bertz CT molecular complexity index is 810. The number of benzene rings is 2. The zero-order chi connectivity index (χ0) is 19.6. The highest BCUT2D eigenvalue weighted by atomic mass is 16.5. The monoisotopic (exact) mass is 367 g/mol. The summed E-state index contributed by atoms with van der Waals surface area (Å²) in [7, 11) is 0. The van der Waals surface area contributed by atoms with Gasteiger partial charge in [-0.3, -0.25) is 4.79 Å². The zero-order valence-corrected chi connectivity index (χ0v) is 16.0. The maximum atomic E-state index is 12.0. The number of hydrogen-bond acceptors (Lipinski definition) is 4. The smallest absolute Gasteiger partial charge is 0.330 e. The fraction of sp³-hybridized carbons (Fsp3) is 0.273. The molecule has 0 fully saturated rings. The van der Waals surface area contributed by atoms with Crippen LogP contribution in [0.2, 0.25) is 0 Å². The highest BCUT2D eigenvalue weighted by molar-refractivity contribution is 5.91. The fourth-order valence-corrected chi connectivity index (χ4v) is 2.32. The Balaban J connectivity index is 1.78. The third-order valence-electron chi connectivity index (χ3n) is 3.97. The first kappa shape index (κ1) is 20.2. The van der Waals surface area contributed by atoms with Gasteiger partial charge in [0, 0.05) is 11.8 Å². The Morgan fingerprint density at radius 2 is 1.78 bits per heavy atom. The van der Waals surface area contributed by atoms with Gasteiger partial charge >= 0.3 is 5.97 Å². The van der Waals surface area contributed by atoms with Crippen molar-refractivity contribution in [2.45, 2.75) is 27.2 Å².